The normalized spacial score (nSPS) is 17.5. The summed E-state index contributed by atoms with van der Waals surface area (Å²) in [6.07, 6.45) is 5.56. The van der Waals surface area contributed by atoms with Crippen LogP contribution in [0.3, 0.4) is 0 Å². The van der Waals surface area contributed by atoms with E-state index in [1.54, 1.807) is 6.20 Å². The zero-order valence-electron chi connectivity index (χ0n) is 12.5. The van der Waals surface area contributed by atoms with Crippen molar-refractivity contribution in [3.05, 3.63) is 42.4 Å². The Kier molecular flexibility index (Phi) is 4.85. The second kappa shape index (κ2) is 7.22. The summed E-state index contributed by atoms with van der Waals surface area (Å²) in [6.45, 7) is 1.26. The fourth-order valence-electron chi connectivity index (χ4n) is 2.65. The van der Waals surface area contributed by atoms with Crippen LogP contribution in [0.15, 0.2) is 36.5 Å². The van der Waals surface area contributed by atoms with E-state index in [0.717, 1.165) is 43.0 Å². The van der Waals surface area contributed by atoms with Crippen molar-refractivity contribution in [2.24, 2.45) is 0 Å². The maximum Gasteiger partial charge on any atom is 0.220 e. The van der Waals surface area contributed by atoms with Gasteiger partial charge < -0.3 is 15.0 Å². The molecule has 1 fully saturated rings. The van der Waals surface area contributed by atoms with Crippen molar-refractivity contribution >= 4 is 5.91 Å². The zero-order chi connectivity index (χ0) is 15.2. The number of hydrogen-bond acceptors (Lipinski definition) is 3. The van der Waals surface area contributed by atoms with Gasteiger partial charge in [0.2, 0.25) is 5.91 Å². The van der Waals surface area contributed by atoms with Crippen LogP contribution in [0, 0.1) is 0 Å². The number of nitrogens with zero attached hydrogens (tertiary/aromatic N) is 1. The Hall–Kier alpha value is -2.14. The first-order valence-corrected chi connectivity index (χ1v) is 7.79. The highest BCUT2D eigenvalue weighted by molar-refractivity contribution is 5.75. The third-order valence-corrected chi connectivity index (χ3v) is 3.88. The summed E-state index contributed by atoms with van der Waals surface area (Å²) in [5, 5.41) is 2.90. The Bertz CT molecular complexity index is 603. The molecule has 22 heavy (non-hydrogen) atoms. The van der Waals surface area contributed by atoms with Gasteiger partial charge in [0.05, 0.1) is 24.5 Å². The summed E-state index contributed by atoms with van der Waals surface area (Å²) in [4.78, 5) is 19.4. The summed E-state index contributed by atoms with van der Waals surface area (Å²) >= 11 is 0. The van der Waals surface area contributed by atoms with E-state index in [0.29, 0.717) is 13.0 Å². The fraction of sp³-hybridized carbons (Fsp3) is 0.412. The average molecular weight is 299 g/mol. The van der Waals surface area contributed by atoms with Gasteiger partial charge in [-0.2, -0.15) is 0 Å². The van der Waals surface area contributed by atoms with E-state index < -0.39 is 0 Å². The Labute approximate surface area is 130 Å². The highest BCUT2D eigenvalue weighted by atomic mass is 16.5. The first-order valence-electron chi connectivity index (χ1n) is 7.79. The number of rotatable bonds is 6. The topological polar surface area (TPSA) is 67.0 Å². The lowest BCUT2D eigenvalue weighted by Crippen LogP contribution is -2.24. The molecule has 1 aliphatic heterocycles. The van der Waals surface area contributed by atoms with Gasteiger partial charge >= 0.3 is 0 Å². The Morgan fingerprint density at radius 3 is 3.00 bits per heavy atom. The number of H-pyrrole nitrogens is 1. The number of hydrogen-bond donors (Lipinski definition) is 2. The van der Waals surface area contributed by atoms with E-state index in [1.807, 2.05) is 30.3 Å². The van der Waals surface area contributed by atoms with Crippen LogP contribution in [0.2, 0.25) is 0 Å². The first-order chi connectivity index (χ1) is 10.8. The minimum Gasteiger partial charge on any atom is -0.378 e. The number of nitrogens with one attached hydrogen (secondary N) is 2. The summed E-state index contributed by atoms with van der Waals surface area (Å²) in [5.41, 5.74) is 2.05. The summed E-state index contributed by atoms with van der Waals surface area (Å²) in [5.74, 6) is 0.817. The van der Waals surface area contributed by atoms with E-state index in [9.17, 15) is 4.79 Å². The number of carbonyl (C=O) groups excluding carboxylic acids is 1. The van der Waals surface area contributed by atoms with Gasteiger partial charge in [-0.05, 0) is 24.8 Å². The molecule has 1 atom stereocenters. The Balaban J connectivity index is 1.45. The quantitative estimate of drug-likeness (QED) is 0.861. The average Bonchev–Trinajstić information content (AvgIpc) is 3.23. The molecule has 3 rings (SSSR count). The van der Waals surface area contributed by atoms with Crippen LogP contribution in [0.4, 0.5) is 0 Å². The second-order valence-electron chi connectivity index (χ2n) is 5.56. The number of aromatic nitrogens is 2. The lowest BCUT2D eigenvalue weighted by Gasteiger charge is -2.08. The van der Waals surface area contributed by atoms with E-state index in [1.165, 1.54) is 0 Å². The molecule has 116 valence electrons. The van der Waals surface area contributed by atoms with Crippen molar-refractivity contribution in [2.45, 2.75) is 38.3 Å². The van der Waals surface area contributed by atoms with Crippen molar-refractivity contribution in [1.29, 1.82) is 0 Å². The fourth-order valence-corrected chi connectivity index (χ4v) is 2.65. The molecular formula is C17H21N3O2. The van der Waals surface area contributed by atoms with E-state index in [4.69, 9.17) is 4.74 Å². The first kappa shape index (κ1) is 14.8. The highest BCUT2D eigenvalue weighted by Gasteiger charge is 2.16. The van der Waals surface area contributed by atoms with Crippen LogP contribution in [0.25, 0.3) is 11.3 Å². The molecule has 0 aliphatic carbocycles. The number of ether oxygens (including phenoxy) is 1. The van der Waals surface area contributed by atoms with Crippen molar-refractivity contribution in [3.8, 4) is 11.3 Å². The predicted molar refractivity (Wildman–Crippen MR) is 84.1 cm³/mol. The minimum atomic E-state index is 0.0492. The maximum atomic E-state index is 11.8. The van der Waals surface area contributed by atoms with E-state index in [2.05, 4.69) is 15.3 Å². The second-order valence-corrected chi connectivity index (χ2v) is 5.56. The largest absolute Gasteiger partial charge is 0.378 e. The SMILES string of the molecule is O=C(CC[C@@H]1CCCO1)NCc1ncc(-c2ccccc2)[nH]1. The molecule has 0 radical (unpaired) electrons. The van der Waals surface area contributed by atoms with Gasteiger partial charge in [0.1, 0.15) is 5.82 Å². The van der Waals surface area contributed by atoms with E-state index in [-0.39, 0.29) is 12.0 Å². The lowest BCUT2D eigenvalue weighted by molar-refractivity contribution is -0.121. The molecule has 5 heteroatoms. The van der Waals surface area contributed by atoms with Crippen LogP contribution in [-0.4, -0.2) is 28.6 Å². The maximum absolute atomic E-state index is 11.8. The number of amides is 1. The van der Waals surface area contributed by atoms with Gasteiger partial charge in [-0.3, -0.25) is 4.79 Å². The molecule has 1 amide bonds. The standard InChI is InChI=1S/C17H21N3O2/c21-17(9-8-14-7-4-10-22-14)19-12-16-18-11-15(20-16)13-5-2-1-3-6-13/h1-3,5-6,11,14H,4,7-10,12H2,(H,18,20)(H,19,21)/t14-/m0/s1. The predicted octanol–water partition coefficient (Wildman–Crippen LogP) is 2.65. The van der Waals surface area contributed by atoms with Crippen LogP contribution in [-0.2, 0) is 16.1 Å². The summed E-state index contributed by atoms with van der Waals surface area (Å²) < 4.78 is 5.52. The number of carbonyl (C=O) groups is 1. The van der Waals surface area contributed by atoms with E-state index >= 15 is 0 Å². The molecule has 0 saturated carbocycles. The molecule has 1 saturated heterocycles. The van der Waals surface area contributed by atoms with Crippen LogP contribution < -0.4 is 5.32 Å². The van der Waals surface area contributed by atoms with Crippen molar-refractivity contribution in [2.75, 3.05) is 6.61 Å². The smallest absolute Gasteiger partial charge is 0.220 e. The Morgan fingerprint density at radius 2 is 2.23 bits per heavy atom. The molecule has 2 aromatic rings. The number of benzene rings is 1. The molecule has 0 unspecified atom stereocenters. The molecule has 1 aliphatic rings. The van der Waals surface area contributed by atoms with Crippen LogP contribution in [0.1, 0.15) is 31.5 Å². The molecule has 2 heterocycles. The molecule has 0 spiro atoms. The van der Waals surface area contributed by atoms with Gasteiger partial charge in [0.15, 0.2) is 0 Å². The van der Waals surface area contributed by atoms with Crippen LogP contribution >= 0.6 is 0 Å². The molecule has 5 nitrogen and oxygen atoms in total. The van der Waals surface area contributed by atoms with Gasteiger partial charge in [0.25, 0.3) is 0 Å². The molecule has 1 aromatic carbocycles. The van der Waals surface area contributed by atoms with Crippen molar-refractivity contribution < 1.29 is 9.53 Å². The van der Waals surface area contributed by atoms with Gasteiger partial charge in [0, 0.05) is 13.0 Å². The van der Waals surface area contributed by atoms with Crippen LogP contribution in [0.5, 0.6) is 0 Å². The molecular weight excluding hydrogens is 278 g/mol. The lowest BCUT2D eigenvalue weighted by atomic mass is 10.1. The zero-order valence-corrected chi connectivity index (χ0v) is 12.5. The monoisotopic (exact) mass is 299 g/mol. The summed E-state index contributed by atoms with van der Waals surface area (Å²) in [7, 11) is 0. The van der Waals surface area contributed by atoms with Gasteiger partial charge in [-0.1, -0.05) is 30.3 Å². The number of aromatic amines is 1. The van der Waals surface area contributed by atoms with Crippen molar-refractivity contribution in [3.63, 3.8) is 0 Å². The summed E-state index contributed by atoms with van der Waals surface area (Å²) in [6, 6.07) is 10.0. The molecule has 0 bridgehead atoms. The number of imidazole rings is 1. The Morgan fingerprint density at radius 1 is 1.36 bits per heavy atom. The molecule has 2 N–H and O–H groups in total. The van der Waals surface area contributed by atoms with Gasteiger partial charge in [-0.25, -0.2) is 4.98 Å². The molecule has 1 aromatic heterocycles. The highest BCUT2D eigenvalue weighted by Crippen LogP contribution is 2.17. The van der Waals surface area contributed by atoms with Crippen molar-refractivity contribution in [1.82, 2.24) is 15.3 Å². The van der Waals surface area contributed by atoms with Gasteiger partial charge in [-0.15, -0.1) is 0 Å². The third kappa shape index (κ3) is 3.95. The minimum absolute atomic E-state index is 0.0492. The third-order valence-electron chi connectivity index (χ3n) is 3.88.